The van der Waals surface area contributed by atoms with Crippen LogP contribution in [0.2, 0.25) is 0 Å². The Morgan fingerprint density at radius 2 is 1.86 bits per heavy atom. The molecule has 0 spiro atoms. The largest absolute Gasteiger partial charge is 0.494 e. The van der Waals surface area contributed by atoms with E-state index in [-0.39, 0.29) is 16.3 Å². The second kappa shape index (κ2) is 6.11. The Morgan fingerprint density at radius 3 is 2.43 bits per heavy atom. The van der Waals surface area contributed by atoms with Crippen LogP contribution in [-0.2, 0) is 16.6 Å². The van der Waals surface area contributed by atoms with Gasteiger partial charge in [0.05, 0.1) is 17.7 Å². The summed E-state index contributed by atoms with van der Waals surface area (Å²) in [5, 5.41) is 0. The highest BCUT2D eigenvalue weighted by Crippen LogP contribution is 2.23. The van der Waals surface area contributed by atoms with Gasteiger partial charge in [-0.25, -0.2) is 12.8 Å². The highest BCUT2D eigenvalue weighted by Gasteiger charge is 2.15. The topological polar surface area (TPSA) is 81.4 Å². The predicted octanol–water partition coefficient (Wildman–Crippen LogP) is 2.09. The number of nitrogens with two attached hydrogens (primary N) is 1. The lowest BCUT2D eigenvalue weighted by Gasteiger charge is -2.10. The maximum Gasteiger partial charge on any atom is 0.261 e. The number of anilines is 1. The van der Waals surface area contributed by atoms with Gasteiger partial charge in [0.2, 0.25) is 0 Å². The highest BCUT2D eigenvalue weighted by molar-refractivity contribution is 7.92. The molecule has 112 valence electrons. The zero-order valence-electron chi connectivity index (χ0n) is 11.3. The van der Waals surface area contributed by atoms with Crippen molar-refractivity contribution in [2.75, 3.05) is 11.8 Å². The van der Waals surface area contributed by atoms with Gasteiger partial charge < -0.3 is 10.5 Å². The molecule has 0 unspecified atom stereocenters. The molecule has 0 amide bonds. The average molecular weight is 310 g/mol. The summed E-state index contributed by atoms with van der Waals surface area (Å²) in [5.41, 5.74) is 6.51. The van der Waals surface area contributed by atoms with E-state index in [1.54, 1.807) is 12.1 Å². The Kier molecular flexibility index (Phi) is 4.44. The number of nitrogens with one attached hydrogen (secondary N) is 1. The lowest BCUT2D eigenvalue weighted by Crippen LogP contribution is -2.13. The van der Waals surface area contributed by atoms with Gasteiger partial charge in [0.1, 0.15) is 0 Å². The Bertz CT molecular complexity index is 730. The van der Waals surface area contributed by atoms with Crippen LogP contribution in [0.3, 0.4) is 0 Å². The predicted molar refractivity (Wildman–Crippen MR) is 78.1 cm³/mol. The fraction of sp³-hybridized carbons (Fsp3) is 0.143. The molecule has 0 aromatic heterocycles. The average Bonchev–Trinajstić information content (AvgIpc) is 2.49. The summed E-state index contributed by atoms with van der Waals surface area (Å²) < 4.78 is 44.9. The van der Waals surface area contributed by atoms with Crippen LogP contribution in [0.25, 0.3) is 0 Å². The molecule has 2 rings (SSSR count). The first-order chi connectivity index (χ1) is 9.96. The normalized spacial score (nSPS) is 11.2. The smallest absolute Gasteiger partial charge is 0.261 e. The molecule has 0 bridgehead atoms. The summed E-state index contributed by atoms with van der Waals surface area (Å²) in [6.45, 7) is 0.336. The molecule has 0 atom stereocenters. The zero-order valence-corrected chi connectivity index (χ0v) is 12.2. The van der Waals surface area contributed by atoms with Crippen LogP contribution in [0.15, 0.2) is 47.4 Å². The van der Waals surface area contributed by atoms with Crippen LogP contribution < -0.4 is 15.2 Å². The molecule has 0 radical (unpaired) electrons. The van der Waals surface area contributed by atoms with Gasteiger partial charge in [-0.3, -0.25) is 4.72 Å². The molecule has 0 aliphatic rings. The maximum atomic E-state index is 13.3. The summed E-state index contributed by atoms with van der Waals surface area (Å²) >= 11 is 0. The molecule has 21 heavy (non-hydrogen) atoms. The second-order valence-corrected chi connectivity index (χ2v) is 5.99. The molecule has 0 aliphatic carbocycles. The molecule has 0 saturated carbocycles. The van der Waals surface area contributed by atoms with Gasteiger partial charge in [0.25, 0.3) is 10.0 Å². The van der Waals surface area contributed by atoms with Crippen molar-refractivity contribution in [3.8, 4) is 5.75 Å². The first-order valence-electron chi connectivity index (χ1n) is 6.11. The summed E-state index contributed by atoms with van der Waals surface area (Å²) in [6.07, 6.45) is 0. The standard InChI is InChI=1S/C14H15FN2O3S/c1-20-14-8-11(4-7-13(14)15)17-21(18,19)12-5-2-10(9-16)3-6-12/h2-8,17H,9,16H2,1H3. The van der Waals surface area contributed by atoms with E-state index in [1.807, 2.05) is 0 Å². The summed E-state index contributed by atoms with van der Waals surface area (Å²) in [4.78, 5) is 0.1000. The van der Waals surface area contributed by atoms with Gasteiger partial charge >= 0.3 is 0 Å². The second-order valence-electron chi connectivity index (χ2n) is 4.30. The van der Waals surface area contributed by atoms with Crippen molar-refractivity contribution in [3.05, 3.63) is 53.8 Å². The summed E-state index contributed by atoms with van der Waals surface area (Å²) in [6, 6.07) is 9.94. The third kappa shape index (κ3) is 3.50. The number of sulfonamides is 1. The number of ether oxygens (including phenoxy) is 1. The van der Waals surface area contributed by atoms with E-state index in [9.17, 15) is 12.8 Å². The molecular weight excluding hydrogens is 295 g/mol. The van der Waals surface area contributed by atoms with Crippen LogP contribution in [0.1, 0.15) is 5.56 Å². The van der Waals surface area contributed by atoms with Gasteiger partial charge in [-0.1, -0.05) is 12.1 Å². The number of hydrogen-bond acceptors (Lipinski definition) is 4. The van der Waals surface area contributed by atoms with Crippen molar-refractivity contribution in [2.45, 2.75) is 11.4 Å². The monoisotopic (exact) mass is 310 g/mol. The van der Waals surface area contributed by atoms with Gasteiger partial charge in [-0.2, -0.15) is 0 Å². The SMILES string of the molecule is COc1cc(NS(=O)(=O)c2ccc(CN)cc2)ccc1F. The first-order valence-corrected chi connectivity index (χ1v) is 7.60. The minimum Gasteiger partial charge on any atom is -0.494 e. The lowest BCUT2D eigenvalue weighted by atomic mass is 10.2. The van der Waals surface area contributed by atoms with Gasteiger partial charge in [-0.05, 0) is 29.8 Å². The Morgan fingerprint density at radius 1 is 1.19 bits per heavy atom. The van der Waals surface area contributed by atoms with Crippen molar-refractivity contribution >= 4 is 15.7 Å². The van der Waals surface area contributed by atoms with E-state index in [0.717, 1.165) is 11.6 Å². The van der Waals surface area contributed by atoms with E-state index in [4.69, 9.17) is 10.5 Å². The van der Waals surface area contributed by atoms with Crippen molar-refractivity contribution in [1.29, 1.82) is 0 Å². The van der Waals surface area contributed by atoms with E-state index < -0.39 is 15.8 Å². The lowest BCUT2D eigenvalue weighted by molar-refractivity contribution is 0.387. The van der Waals surface area contributed by atoms with Crippen molar-refractivity contribution in [1.82, 2.24) is 0 Å². The summed E-state index contributed by atoms with van der Waals surface area (Å²) in [5.74, 6) is -0.596. The van der Waals surface area contributed by atoms with Crippen LogP contribution >= 0.6 is 0 Å². The van der Waals surface area contributed by atoms with Crippen LogP contribution in [0, 0.1) is 5.82 Å². The van der Waals surface area contributed by atoms with Crippen LogP contribution in [0.5, 0.6) is 5.75 Å². The van der Waals surface area contributed by atoms with Crippen molar-refractivity contribution in [2.24, 2.45) is 5.73 Å². The van der Waals surface area contributed by atoms with Gasteiger partial charge in [0, 0.05) is 12.6 Å². The third-order valence-corrected chi connectivity index (χ3v) is 4.27. The first kappa shape index (κ1) is 15.3. The van der Waals surface area contributed by atoms with E-state index in [1.165, 1.54) is 31.4 Å². The van der Waals surface area contributed by atoms with Gasteiger partial charge in [-0.15, -0.1) is 0 Å². The fourth-order valence-electron chi connectivity index (χ4n) is 1.74. The number of methoxy groups -OCH3 is 1. The molecule has 0 fully saturated rings. The number of hydrogen-bond donors (Lipinski definition) is 2. The van der Waals surface area contributed by atoms with E-state index >= 15 is 0 Å². The van der Waals surface area contributed by atoms with E-state index in [2.05, 4.69) is 4.72 Å². The molecule has 0 aliphatic heterocycles. The molecule has 7 heteroatoms. The minimum atomic E-state index is -3.74. The van der Waals surface area contributed by atoms with E-state index in [0.29, 0.717) is 6.54 Å². The fourth-order valence-corrected chi connectivity index (χ4v) is 2.79. The molecule has 0 saturated heterocycles. The quantitative estimate of drug-likeness (QED) is 0.886. The number of rotatable bonds is 5. The van der Waals surface area contributed by atoms with Gasteiger partial charge in [0.15, 0.2) is 11.6 Å². The zero-order chi connectivity index (χ0) is 15.5. The van der Waals surface area contributed by atoms with Crippen molar-refractivity contribution in [3.63, 3.8) is 0 Å². The van der Waals surface area contributed by atoms with Crippen LogP contribution in [-0.4, -0.2) is 15.5 Å². The molecular formula is C14H15FN2O3S. The minimum absolute atomic E-state index is 0.0336. The number of benzene rings is 2. The Labute approximate surface area is 122 Å². The molecule has 3 N–H and O–H groups in total. The van der Waals surface area contributed by atoms with Crippen LogP contribution in [0.4, 0.5) is 10.1 Å². The number of halogens is 1. The highest BCUT2D eigenvalue weighted by atomic mass is 32.2. The maximum absolute atomic E-state index is 13.3. The molecule has 2 aromatic rings. The Balaban J connectivity index is 2.28. The summed E-state index contributed by atoms with van der Waals surface area (Å²) in [7, 11) is -2.44. The third-order valence-electron chi connectivity index (χ3n) is 2.87. The molecule has 5 nitrogen and oxygen atoms in total. The molecule has 2 aromatic carbocycles. The molecule has 0 heterocycles. The Hall–Kier alpha value is -2.12. The van der Waals surface area contributed by atoms with Crippen molar-refractivity contribution < 1.29 is 17.5 Å².